The molecule has 25 heavy (non-hydrogen) atoms. The number of carbonyl (C=O) groups excluding carboxylic acids is 4. The molecule has 1 aromatic rings. The number of alkyl halides is 3. The van der Waals surface area contributed by atoms with Gasteiger partial charge in [0.25, 0.3) is 5.91 Å². The summed E-state index contributed by atoms with van der Waals surface area (Å²) in [6.07, 6.45) is -4.70. The van der Waals surface area contributed by atoms with Crippen molar-refractivity contribution in [3.05, 3.63) is 34.4 Å². The topological polar surface area (TPSA) is 110 Å². The van der Waals surface area contributed by atoms with Gasteiger partial charge in [-0.05, 0) is 24.1 Å². The number of amides is 4. The van der Waals surface area contributed by atoms with Gasteiger partial charge in [-0.25, -0.2) is 0 Å². The van der Waals surface area contributed by atoms with Crippen LogP contribution < -0.4 is 11.1 Å². The molecule has 7 nitrogen and oxygen atoms in total. The molecule has 1 unspecified atom stereocenters. The van der Waals surface area contributed by atoms with Crippen LogP contribution >= 0.6 is 0 Å². The number of nitrogens with one attached hydrogen (secondary N) is 1. The number of nitrogens with zero attached hydrogens (tertiary/aromatic N) is 1. The molecule has 1 fully saturated rings. The second-order valence-electron chi connectivity index (χ2n) is 5.81. The normalized spacial score (nSPS) is 20.5. The number of rotatable bonds is 2. The molecule has 0 saturated carbocycles. The van der Waals surface area contributed by atoms with Crippen LogP contribution in [0.3, 0.4) is 0 Å². The molecule has 132 valence electrons. The van der Waals surface area contributed by atoms with Gasteiger partial charge in [-0.2, -0.15) is 13.2 Å². The standard InChI is InChI=1S/C15H12F3N3O4/c16-15(17,18)6-3-7(12(19)23)9-5-21(14(25)8(9)4-6)10-1-2-11(22)20-13(10)24/h3-4,10H,1-2,5H2,(H2,19,23)(H,20,22,24). The van der Waals surface area contributed by atoms with Crippen molar-refractivity contribution in [2.45, 2.75) is 31.6 Å². The lowest BCUT2D eigenvalue weighted by Crippen LogP contribution is -2.52. The van der Waals surface area contributed by atoms with Crippen LogP contribution in [0.25, 0.3) is 0 Å². The van der Waals surface area contributed by atoms with E-state index >= 15 is 0 Å². The van der Waals surface area contributed by atoms with Gasteiger partial charge in [-0.3, -0.25) is 24.5 Å². The number of halogens is 3. The average Bonchev–Trinajstić information content (AvgIpc) is 2.82. The molecule has 0 aromatic heterocycles. The van der Waals surface area contributed by atoms with Gasteiger partial charge in [0, 0.05) is 24.1 Å². The van der Waals surface area contributed by atoms with Crippen molar-refractivity contribution in [3.8, 4) is 0 Å². The molecule has 2 aliphatic rings. The van der Waals surface area contributed by atoms with Crippen molar-refractivity contribution >= 4 is 23.6 Å². The zero-order valence-corrected chi connectivity index (χ0v) is 12.6. The molecular weight excluding hydrogens is 343 g/mol. The Hall–Kier alpha value is -2.91. The van der Waals surface area contributed by atoms with E-state index in [0.717, 1.165) is 4.90 Å². The first-order valence-corrected chi connectivity index (χ1v) is 7.28. The molecule has 1 aromatic carbocycles. The molecule has 4 amide bonds. The Bertz CT molecular complexity index is 819. The maximum atomic E-state index is 13.0. The van der Waals surface area contributed by atoms with E-state index < -0.39 is 47.0 Å². The van der Waals surface area contributed by atoms with E-state index in [1.54, 1.807) is 0 Å². The Balaban J connectivity index is 2.03. The van der Waals surface area contributed by atoms with Gasteiger partial charge < -0.3 is 10.6 Å². The molecular formula is C15H12F3N3O4. The van der Waals surface area contributed by atoms with E-state index in [-0.39, 0.29) is 30.5 Å². The molecule has 3 rings (SSSR count). The number of primary amides is 1. The average molecular weight is 355 g/mol. The van der Waals surface area contributed by atoms with Crippen LogP contribution in [0.1, 0.15) is 44.7 Å². The summed E-state index contributed by atoms with van der Waals surface area (Å²) >= 11 is 0. The molecule has 2 heterocycles. The van der Waals surface area contributed by atoms with E-state index in [0.29, 0.717) is 12.1 Å². The van der Waals surface area contributed by atoms with E-state index in [1.807, 2.05) is 0 Å². The highest BCUT2D eigenvalue weighted by Crippen LogP contribution is 2.36. The fourth-order valence-electron chi connectivity index (χ4n) is 3.04. The molecule has 0 radical (unpaired) electrons. The maximum absolute atomic E-state index is 13.0. The van der Waals surface area contributed by atoms with Crippen LogP contribution in [-0.4, -0.2) is 34.6 Å². The lowest BCUT2D eigenvalue weighted by molar-refractivity contribution is -0.138. The third-order valence-corrected chi connectivity index (χ3v) is 4.25. The number of carbonyl (C=O) groups is 4. The largest absolute Gasteiger partial charge is 0.416 e. The molecule has 1 saturated heterocycles. The van der Waals surface area contributed by atoms with E-state index in [2.05, 4.69) is 5.32 Å². The van der Waals surface area contributed by atoms with Gasteiger partial charge in [0.05, 0.1) is 5.56 Å². The summed E-state index contributed by atoms with van der Waals surface area (Å²) in [5, 5.41) is 2.08. The van der Waals surface area contributed by atoms with Gasteiger partial charge in [0.15, 0.2) is 0 Å². The molecule has 1 atom stereocenters. The SMILES string of the molecule is NC(=O)c1cc(C(F)(F)F)cc2c1CN(C1CCC(=O)NC1=O)C2=O. The van der Waals surface area contributed by atoms with Crippen molar-refractivity contribution in [2.24, 2.45) is 5.73 Å². The lowest BCUT2D eigenvalue weighted by Gasteiger charge is -2.29. The van der Waals surface area contributed by atoms with Gasteiger partial charge >= 0.3 is 6.18 Å². The monoisotopic (exact) mass is 355 g/mol. The molecule has 0 bridgehead atoms. The maximum Gasteiger partial charge on any atom is 0.416 e. The first-order valence-electron chi connectivity index (χ1n) is 7.28. The van der Waals surface area contributed by atoms with Crippen LogP contribution in [0.15, 0.2) is 12.1 Å². The van der Waals surface area contributed by atoms with Gasteiger partial charge in [0.2, 0.25) is 17.7 Å². The quantitative estimate of drug-likeness (QED) is 0.756. The summed E-state index contributed by atoms with van der Waals surface area (Å²) < 4.78 is 39.0. The van der Waals surface area contributed by atoms with Crippen LogP contribution in [0.4, 0.5) is 13.2 Å². The number of piperidine rings is 1. The Kier molecular flexibility index (Phi) is 3.77. The van der Waals surface area contributed by atoms with Crippen LogP contribution in [0.5, 0.6) is 0 Å². The minimum absolute atomic E-state index is 0.00695. The van der Waals surface area contributed by atoms with Crippen molar-refractivity contribution in [2.75, 3.05) is 0 Å². The van der Waals surface area contributed by atoms with Crippen LogP contribution in [-0.2, 0) is 22.3 Å². The predicted octanol–water partition coefficient (Wildman–Crippen LogP) is 0.565. The highest BCUT2D eigenvalue weighted by Gasteiger charge is 2.42. The Morgan fingerprint density at radius 1 is 1.24 bits per heavy atom. The van der Waals surface area contributed by atoms with Crippen LogP contribution in [0, 0.1) is 0 Å². The second kappa shape index (κ2) is 5.57. The van der Waals surface area contributed by atoms with Crippen LogP contribution in [0.2, 0.25) is 0 Å². The van der Waals surface area contributed by atoms with E-state index in [4.69, 9.17) is 5.73 Å². The fourth-order valence-corrected chi connectivity index (χ4v) is 3.04. The highest BCUT2D eigenvalue weighted by atomic mass is 19.4. The summed E-state index contributed by atoms with van der Waals surface area (Å²) in [6, 6.07) is 0.256. The first kappa shape index (κ1) is 16.9. The number of fused-ring (bicyclic) bond motifs is 1. The Morgan fingerprint density at radius 3 is 2.48 bits per heavy atom. The molecule has 0 aliphatic carbocycles. The number of nitrogens with two attached hydrogens (primary N) is 1. The van der Waals surface area contributed by atoms with Gasteiger partial charge in [0.1, 0.15) is 6.04 Å². The Labute approximate surface area is 138 Å². The first-order chi connectivity index (χ1) is 11.6. The second-order valence-corrected chi connectivity index (χ2v) is 5.81. The summed E-state index contributed by atoms with van der Waals surface area (Å²) in [5.41, 5.74) is 3.32. The zero-order chi connectivity index (χ0) is 18.5. The van der Waals surface area contributed by atoms with Gasteiger partial charge in [-0.1, -0.05) is 0 Å². The molecule has 2 aliphatic heterocycles. The van der Waals surface area contributed by atoms with Gasteiger partial charge in [-0.15, -0.1) is 0 Å². The number of imide groups is 1. The third-order valence-electron chi connectivity index (χ3n) is 4.25. The Morgan fingerprint density at radius 2 is 1.92 bits per heavy atom. The zero-order valence-electron chi connectivity index (χ0n) is 12.6. The molecule has 3 N–H and O–H groups in total. The number of hydrogen-bond donors (Lipinski definition) is 2. The number of benzene rings is 1. The van der Waals surface area contributed by atoms with E-state index in [1.165, 1.54) is 0 Å². The summed E-state index contributed by atoms with van der Waals surface area (Å²) in [7, 11) is 0. The molecule has 0 spiro atoms. The smallest absolute Gasteiger partial charge is 0.366 e. The van der Waals surface area contributed by atoms with Crippen molar-refractivity contribution in [3.63, 3.8) is 0 Å². The summed E-state index contributed by atoms with van der Waals surface area (Å²) in [6.45, 7) is -0.225. The minimum Gasteiger partial charge on any atom is -0.366 e. The fraction of sp³-hybridized carbons (Fsp3) is 0.333. The lowest BCUT2D eigenvalue weighted by atomic mass is 9.98. The molecule has 10 heteroatoms. The minimum atomic E-state index is -4.76. The van der Waals surface area contributed by atoms with Crippen molar-refractivity contribution < 1.29 is 32.3 Å². The third kappa shape index (κ3) is 2.83. The van der Waals surface area contributed by atoms with E-state index in [9.17, 15) is 32.3 Å². The van der Waals surface area contributed by atoms with Crippen molar-refractivity contribution in [1.82, 2.24) is 10.2 Å². The highest BCUT2D eigenvalue weighted by molar-refractivity contribution is 6.07. The summed E-state index contributed by atoms with van der Waals surface area (Å²) in [4.78, 5) is 48.3. The number of hydrogen-bond acceptors (Lipinski definition) is 4. The predicted molar refractivity (Wildman–Crippen MR) is 76.0 cm³/mol. The van der Waals surface area contributed by atoms with Crippen molar-refractivity contribution in [1.29, 1.82) is 0 Å². The summed E-state index contributed by atoms with van der Waals surface area (Å²) in [5.74, 6) is -3.09.